The number of carbonyl (C=O) groups is 1. The van der Waals surface area contributed by atoms with Crippen molar-refractivity contribution in [2.75, 3.05) is 45.1 Å². The number of benzene rings is 2. The number of phenols is 1. The van der Waals surface area contributed by atoms with E-state index in [1.54, 1.807) is 30.3 Å². The van der Waals surface area contributed by atoms with Crippen molar-refractivity contribution < 1.29 is 14.3 Å². The van der Waals surface area contributed by atoms with Gasteiger partial charge in [-0.2, -0.15) is 0 Å². The molecular weight excluding hydrogens is 346 g/mol. The highest BCUT2D eigenvalue weighted by molar-refractivity contribution is 6.06. The van der Waals surface area contributed by atoms with Crippen LogP contribution in [-0.2, 0) is 4.79 Å². The van der Waals surface area contributed by atoms with Gasteiger partial charge in [0.15, 0.2) is 0 Å². The van der Waals surface area contributed by atoms with Gasteiger partial charge in [-0.1, -0.05) is 6.07 Å². The normalized spacial score (nSPS) is 16.0. The summed E-state index contributed by atoms with van der Waals surface area (Å²) >= 11 is 0. The molecule has 0 bridgehead atoms. The van der Waals surface area contributed by atoms with E-state index >= 15 is 0 Å². The van der Waals surface area contributed by atoms with Gasteiger partial charge in [-0.05, 0) is 31.3 Å². The highest BCUT2D eigenvalue weighted by Gasteiger charge is 2.17. The molecule has 140 valence electrons. The topological polar surface area (TPSA) is 86.0 Å². The van der Waals surface area contributed by atoms with Crippen LogP contribution < -0.4 is 10.9 Å². The van der Waals surface area contributed by atoms with Crippen LogP contribution in [0.3, 0.4) is 0 Å². The number of nitrogens with zero attached hydrogens (tertiary/aromatic N) is 2. The van der Waals surface area contributed by atoms with Gasteiger partial charge in [0.2, 0.25) is 5.91 Å². The van der Waals surface area contributed by atoms with Crippen LogP contribution >= 0.6 is 0 Å². The van der Waals surface area contributed by atoms with E-state index in [1.165, 1.54) is 6.07 Å². The highest BCUT2D eigenvalue weighted by Crippen LogP contribution is 2.27. The number of likely N-dealkylation sites (N-methyl/N-ethyl adjacent to an activating group) is 1. The first kappa shape index (κ1) is 17.5. The lowest BCUT2D eigenvalue weighted by Crippen LogP contribution is -2.47. The van der Waals surface area contributed by atoms with E-state index in [4.69, 9.17) is 4.42 Å². The number of hydrogen-bond acceptors (Lipinski definition) is 6. The fourth-order valence-corrected chi connectivity index (χ4v) is 3.41. The molecule has 0 aliphatic carbocycles. The summed E-state index contributed by atoms with van der Waals surface area (Å²) in [4.78, 5) is 29.0. The smallest absolute Gasteiger partial charge is 0.344 e. The maximum Gasteiger partial charge on any atom is 0.344 e. The largest absolute Gasteiger partial charge is 0.508 e. The van der Waals surface area contributed by atoms with Crippen LogP contribution in [0.15, 0.2) is 45.6 Å². The zero-order valence-electron chi connectivity index (χ0n) is 15.1. The van der Waals surface area contributed by atoms with E-state index in [1.807, 2.05) is 0 Å². The lowest BCUT2D eigenvalue weighted by Gasteiger charge is -2.31. The lowest BCUT2D eigenvalue weighted by atomic mass is 10.1. The number of phenolic OH excluding ortho intramolecular Hbond substituents is 1. The molecule has 1 aliphatic rings. The molecule has 2 N–H and O–H groups in total. The van der Waals surface area contributed by atoms with E-state index in [2.05, 4.69) is 22.2 Å². The number of carbonyl (C=O) groups excluding carboxylic acids is 1. The summed E-state index contributed by atoms with van der Waals surface area (Å²) in [6.45, 7) is 3.96. The minimum absolute atomic E-state index is 0.0396. The first-order valence-corrected chi connectivity index (χ1v) is 8.90. The number of rotatable bonds is 3. The number of piperazine rings is 1. The molecule has 2 aromatic carbocycles. The maximum absolute atomic E-state index is 12.3. The van der Waals surface area contributed by atoms with Crippen molar-refractivity contribution in [2.24, 2.45) is 0 Å². The van der Waals surface area contributed by atoms with Crippen LogP contribution in [0, 0.1) is 0 Å². The standard InChI is InChI=1S/C20H21N3O4/c1-22-6-8-23(9-7-22)12-19(25)21-13-2-4-15-16-5-3-14(24)11-18(16)27-20(26)17(15)10-13/h2-5,10-11,24H,6-9,12H2,1H3,(H,21,25). The Morgan fingerprint density at radius 3 is 2.59 bits per heavy atom. The SMILES string of the molecule is CN1CCN(CC(=O)Nc2ccc3c(c2)c(=O)oc2cc(O)ccc23)CC1. The Hall–Kier alpha value is -2.90. The van der Waals surface area contributed by atoms with Crippen LogP contribution in [0.5, 0.6) is 5.75 Å². The Morgan fingerprint density at radius 2 is 1.81 bits per heavy atom. The molecule has 1 aliphatic heterocycles. The average Bonchev–Trinajstić information content (AvgIpc) is 2.64. The molecule has 7 heteroatoms. The molecule has 0 radical (unpaired) electrons. The molecule has 1 saturated heterocycles. The van der Waals surface area contributed by atoms with Crippen LogP contribution in [0.2, 0.25) is 0 Å². The minimum atomic E-state index is -0.502. The zero-order valence-corrected chi connectivity index (χ0v) is 15.1. The Balaban J connectivity index is 1.57. The van der Waals surface area contributed by atoms with Crippen LogP contribution in [0.25, 0.3) is 21.7 Å². The third kappa shape index (κ3) is 3.65. The predicted octanol–water partition coefficient (Wildman–Crippen LogP) is 1.84. The second kappa shape index (κ2) is 7.02. The van der Waals surface area contributed by atoms with Crippen molar-refractivity contribution in [1.29, 1.82) is 0 Å². The van der Waals surface area contributed by atoms with Gasteiger partial charge in [-0.25, -0.2) is 4.79 Å². The molecule has 1 amide bonds. The van der Waals surface area contributed by atoms with Gasteiger partial charge >= 0.3 is 5.63 Å². The second-order valence-corrected chi connectivity index (χ2v) is 6.96. The summed E-state index contributed by atoms with van der Waals surface area (Å²) in [7, 11) is 2.07. The van der Waals surface area contributed by atoms with Gasteiger partial charge in [-0.3, -0.25) is 9.69 Å². The number of aromatic hydroxyl groups is 1. The molecule has 2 heterocycles. The highest BCUT2D eigenvalue weighted by atomic mass is 16.4. The van der Waals surface area contributed by atoms with E-state index in [-0.39, 0.29) is 11.7 Å². The molecular formula is C20H21N3O4. The van der Waals surface area contributed by atoms with Gasteiger partial charge in [0, 0.05) is 48.7 Å². The van der Waals surface area contributed by atoms with Gasteiger partial charge in [0.05, 0.1) is 11.9 Å². The molecule has 0 saturated carbocycles. The van der Waals surface area contributed by atoms with Crippen LogP contribution in [-0.4, -0.2) is 60.6 Å². The summed E-state index contributed by atoms with van der Waals surface area (Å²) in [6, 6.07) is 9.87. The second-order valence-electron chi connectivity index (χ2n) is 6.96. The summed E-state index contributed by atoms with van der Waals surface area (Å²) in [5.74, 6) is -0.0632. The predicted molar refractivity (Wildman–Crippen MR) is 104 cm³/mol. The van der Waals surface area contributed by atoms with Gasteiger partial charge in [-0.15, -0.1) is 0 Å². The van der Waals surface area contributed by atoms with Crippen LogP contribution in [0.1, 0.15) is 0 Å². The Morgan fingerprint density at radius 1 is 1.07 bits per heavy atom. The van der Waals surface area contributed by atoms with Crippen LogP contribution in [0.4, 0.5) is 5.69 Å². The van der Waals surface area contributed by atoms with Gasteiger partial charge < -0.3 is 19.7 Å². The third-order valence-electron chi connectivity index (χ3n) is 4.94. The zero-order chi connectivity index (χ0) is 19.0. The van der Waals surface area contributed by atoms with Crippen molar-refractivity contribution in [3.63, 3.8) is 0 Å². The number of anilines is 1. The fourth-order valence-electron chi connectivity index (χ4n) is 3.41. The fraction of sp³-hybridized carbons (Fsp3) is 0.300. The van der Waals surface area contributed by atoms with Gasteiger partial charge in [0.25, 0.3) is 0 Å². The van der Waals surface area contributed by atoms with E-state index in [0.717, 1.165) is 37.0 Å². The van der Waals surface area contributed by atoms with Crippen molar-refractivity contribution in [2.45, 2.75) is 0 Å². The van der Waals surface area contributed by atoms with E-state index in [0.29, 0.717) is 23.2 Å². The summed E-state index contributed by atoms with van der Waals surface area (Å²) in [5, 5.41) is 14.3. The van der Waals surface area contributed by atoms with E-state index < -0.39 is 5.63 Å². The number of hydrogen-bond donors (Lipinski definition) is 2. The Labute approximate surface area is 155 Å². The molecule has 3 aromatic rings. The molecule has 27 heavy (non-hydrogen) atoms. The van der Waals surface area contributed by atoms with Crippen molar-refractivity contribution >= 4 is 33.3 Å². The van der Waals surface area contributed by atoms with Crippen molar-refractivity contribution in [1.82, 2.24) is 9.80 Å². The summed E-state index contributed by atoms with van der Waals surface area (Å²) in [6.07, 6.45) is 0. The monoisotopic (exact) mass is 367 g/mol. The number of nitrogens with one attached hydrogen (secondary N) is 1. The molecule has 0 atom stereocenters. The molecule has 1 fully saturated rings. The summed E-state index contributed by atoms with van der Waals surface area (Å²) in [5.41, 5.74) is 0.393. The van der Waals surface area contributed by atoms with E-state index in [9.17, 15) is 14.7 Å². The Kier molecular flexibility index (Phi) is 4.55. The first-order chi connectivity index (χ1) is 13.0. The minimum Gasteiger partial charge on any atom is -0.508 e. The molecule has 0 spiro atoms. The lowest BCUT2D eigenvalue weighted by molar-refractivity contribution is -0.117. The maximum atomic E-state index is 12.3. The van der Waals surface area contributed by atoms with Gasteiger partial charge in [0.1, 0.15) is 11.3 Å². The molecule has 4 rings (SSSR count). The molecule has 7 nitrogen and oxygen atoms in total. The Bertz CT molecular complexity index is 1070. The quantitative estimate of drug-likeness (QED) is 0.543. The summed E-state index contributed by atoms with van der Waals surface area (Å²) < 4.78 is 5.31. The number of fused-ring (bicyclic) bond motifs is 3. The first-order valence-electron chi connectivity index (χ1n) is 8.90. The third-order valence-corrected chi connectivity index (χ3v) is 4.94. The number of amides is 1. The van der Waals surface area contributed by atoms with Crippen molar-refractivity contribution in [3.05, 3.63) is 46.8 Å². The molecule has 1 aromatic heterocycles. The van der Waals surface area contributed by atoms with Crippen molar-refractivity contribution in [3.8, 4) is 5.75 Å². The average molecular weight is 367 g/mol. The molecule has 0 unspecified atom stereocenters.